The Morgan fingerprint density at radius 3 is 2.74 bits per heavy atom. The van der Waals surface area contributed by atoms with E-state index in [1.165, 1.54) is 17.7 Å². The van der Waals surface area contributed by atoms with Gasteiger partial charge >= 0.3 is 0 Å². The number of aromatic nitrogens is 2. The lowest BCUT2D eigenvalue weighted by Gasteiger charge is -2.31. The Bertz CT molecular complexity index is 988. The van der Waals surface area contributed by atoms with Crippen LogP contribution in [0.4, 0.5) is 0 Å². The van der Waals surface area contributed by atoms with E-state index in [2.05, 4.69) is 53.9 Å². The number of carbonyl (C=O) groups excluding carboxylic acids is 1. The molecule has 1 atom stereocenters. The third kappa shape index (κ3) is 3.36. The number of fused-ring (bicyclic) bond motifs is 1. The maximum atomic E-state index is 13.6. The Balaban J connectivity index is 1.76. The van der Waals surface area contributed by atoms with Crippen LogP contribution in [0.3, 0.4) is 0 Å². The van der Waals surface area contributed by atoms with Crippen molar-refractivity contribution in [3.63, 3.8) is 0 Å². The van der Waals surface area contributed by atoms with Crippen molar-refractivity contribution in [3.8, 4) is 0 Å². The lowest BCUT2D eigenvalue weighted by Crippen LogP contribution is -2.36. The molecule has 1 amide bonds. The average Bonchev–Trinajstić information content (AvgIpc) is 2.93. The van der Waals surface area contributed by atoms with Crippen LogP contribution in [0, 0.1) is 13.8 Å². The fourth-order valence-corrected chi connectivity index (χ4v) is 4.24. The molecule has 1 aromatic carbocycles. The fraction of sp³-hybridized carbons (Fsp3) is 0.391. The number of amides is 1. The monoisotopic (exact) mass is 361 g/mol. The van der Waals surface area contributed by atoms with Crippen LogP contribution in [0.1, 0.15) is 59.0 Å². The van der Waals surface area contributed by atoms with Gasteiger partial charge in [0.05, 0.1) is 22.8 Å². The normalized spacial score (nSPS) is 17.9. The van der Waals surface area contributed by atoms with Crippen molar-refractivity contribution in [3.05, 3.63) is 65.1 Å². The third-order valence-electron chi connectivity index (χ3n) is 5.73. The van der Waals surface area contributed by atoms with Gasteiger partial charge in [0.2, 0.25) is 0 Å². The zero-order valence-corrected chi connectivity index (χ0v) is 16.4. The van der Waals surface area contributed by atoms with Crippen LogP contribution in [0.5, 0.6) is 0 Å². The predicted octanol–water partition coefficient (Wildman–Crippen LogP) is 4.95. The minimum atomic E-state index is 0.108. The molecule has 1 aliphatic heterocycles. The molecule has 4 heteroatoms. The summed E-state index contributed by atoms with van der Waals surface area (Å²) in [7, 11) is 2.06. The highest BCUT2D eigenvalue weighted by atomic mass is 16.2. The summed E-state index contributed by atoms with van der Waals surface area (Å²) >= 11 is 0. The van der Waals surface area contributed by atoms with Crippen molar-refractivity contribution < 1.29 is 4.79 Å². The van der Waals surface area contributed by atoms with Crippen LogP contribution in [0.25, 0.3) is 10.9 Å². The van der Waals surface area contributed by atoms with E-state index in [0.717, 1.165) is 48.0 Å². The summed E-state index contributed by atoms with van der Waals surface area (Å²) in [6.07, 6.45) is 6.48. The zero-order valence-electron chi connectivity index (χ0n) is 16.4. The molecule has 2 aromatic heterocycles. The van der Waals surface area contributed by atoms with Crippen LogP contribution < -0.4 is 0 Å². The van der Waals surface area contributed by atoms with Gasteiger partial charge in [-0.05, 0) is 57.0 Å². The van der Waals surface area contributed by atoms with Crippen molar-refractivity contribution >= 4 is 16.8 Å². The van der Waals surface area contributed by atoms with Gasteiger partial charge in [-0.3, -0.25) is 9.78 Å². The van der Waals surface area contributed by atoms with E-state index in [4.69, 9.17) is 4.98 Å². The molecule has 27 heavy (non-hydrogen) atoms. The van der Waals surface area contributed by atoms with Gasteiger partial charge in [0.1, 0.15) is 0 Å². The predicted molar refractivity (Wildman–Crippen MR) is 109 cm³/mol. The molecule has 4 nitrogen and oxygen atoms in total. The number of hydrogen-bond acceptors (Lipinski definition) is 2. The summed E-state index contributed by atoms with van der Waals surface area (Å²) in [5.41, 5.74) is 4.89. The topological polar surface area (TPSA) is 38.1 Å². The van der Waals surface area contributed by atoms with Gasteiger partial charge in [0, 0.05) is 30.9 Å². The van der Waals surface area contributed by atoms with E-state index in [-0.39, 0.29) is 11.9 Å². The van der Waals surface area contributed by atoms with Gasteiger partial charge in [-0.15, -0.1) is 0 Å². The molecule has 0 radical (unpaired) electrons. The van der Waals surface area contributed by atoms with Gasteiger partial charge in [-0.25, -0.2) is 0 Å². The summed E-state index contributed by atoms with van der Waals surface area (Å²) in [6.45, 7) is 4.82. The second kappa shape index (κ2) is 7.18. The number of rotatable bonds is 2. The maximum absolute atomic E-state index is 13.6. The quantitative estimate of drug-likeness (QED) is 0.648. The molecule has 3 heterocycles. The molecular formula is C23H27N3O. The molecule has 0 bridgehead atoms. The summed E-state index contributed by atoms with van der Waals surface area (Å²) in [5.74, 6) is 0.108. The van der Waals surface area contributed by atoms with Crippen LogP contribution >= 0.6 is 0 Å². The fourth-order valence-electron chi connectivity index (χ4n) is 4.24. The Labute approximate surface area is 160 Å². The van der Waals surface area contributed by atoms with Crippen molar-refractivity contribution in [1.82, 2.24) is 14.5 Å². The van der Waals surface area contributed by atoms with Gasteiger partial charge in [0.25, 0.3) is 5.91 Å². The lowest BCUT2D eigenvalue weighted by molar-refractivity contribution is 0.0673. The summed E-state index contributed by atoms with van der Waals surface area (Å²) in [6, 6.07) is 12.6. The SMILES string of the molecule is Cc1ccc2nc(C)c(C(=O)N3CCCCCC3c3cccn3C)cc2c1. The first-order valence-corrected chi connectivity index (χ1v) is 9.85. The first-order chi connectivity index (χ1) is 13.0. The Hall–Kier alpha value is -2.62. The molecule has 4 rings (SSSR count). The van der Waals surface area contributed by atoms with Gasteiger partial charge in [0.15, 0.2) is 0 Å². The standard InChI is InChI=1S/C23H27N3O/c1-16-10-11-20-18(14-16)15-19(17(2)24-20)23(27)26-13-6-4-5-8-22(26)21-9-7-12-25(21)3/h7,9-12,14-15,22H,4-6,8,13H2,1-3H3. The van der Waals surface area contributed by atoms with Crippen LogP contribution in [0.15, 0.2) is 42.6 Å². The number of hydrogen-bond donors (Lipinski definition) is 0. The molecule has 1 saturated heterocycles. The summed E-state index contributed by atoms with van der Waals surface area (Å²) < 4.78 is 2.14. The van der Waals surface area contributed by atoms with Crippen molar-refractivity contribution in [2.75, 3.05) is 6.54 Å². The van der Waals surface area contributed by atoms with E-state index in [1.807, 2.05) is 19.1 Å². The van der Waals surface area contributed by atoms with Crippen molar-refractivity contribution in [1.29, 1.82) is 0 Å². The van der Waals surface area contributed by atoms with Crippen molar-refractivity contribution in [2.45, 2.75) is 45.6 Å². The first kappa shape index (κ1) is 17.8. The second-order valence-corrected chi connectivity index (χ2v) is 7.73. The highest BCUT2D eigenvalue weighted by Crippen LogP contribution is 2.32. The molecule has 140 valence electrons. The number of aryl methyl sites for hydroxylation is 3. The van der Waals surface area contributed by atoms with Gasteiger partial charge in [-0.1, -0.05) is 24.5 Å². The number of carbonyl (C=O) groups is 1. The van der Waals surface area contributed by atoms with Crippen LogP contribution in [0.2, 0.25) is 0 Å². The second-order valence-electron chi connectivity index (χ2n) is 7.73. The minimum absolute atomic E-state index is 0.108. The van der Waals surface area contributed by atoms with E-state index < -0.39 is 0 Å². The van der Waals surface area contributed by atoms with Crippen LogP contribution in [-0.2, 0) is 7.05 Å². The summed E-state index contributed by atoms with van der Waals surface area (Å²) in [4.78, 5) is 20.4. The number of benzene rings is 1. The van der Waals surface area contributed by atoms with E-state index in [1.54, 1.807) is 0 Å². The Morgan fingerprint density at radius 2 is 1.96 bits per heavy atom. The van der Waals surface area contributed by atoms with E-state index in [0.29, 0.717) is 0 Å². The highest BCUT2D eigenvalue weighted by molar-refractivity contribution is 5.99. The third-order valence-corrected chi connectivity index (χ3v) is 5.73. The average molecular weight is 361 g/mol. The van der Waals surface area contributed by atoms with Crippen LogP contribution in [-0.4, -0.2) is 26.9 Å². The minimum Gasteiger partial charge on any atom is -0.353 e. The van der Waals surface area contributed by atoms with Crippen molar-refractivity contribution in [2.24, 2.45) is 7.05 Å². The zero-order chi connectivity index (χ0) is 19.0. The Kier molecular flexibility index (Phi) is 4.73. The van der Waals surface area contributed by atoms with Gasteiger partial charge in [-0.2, -0.15) is 0 Å². The molecule has 1 aliphatic rings. The van der Waals surface area contributed by atoms with E-state index in [9.17, 15) is 4.79 Å². The molecule has 0 aliphatic carbocycles. The maximum Gasteiger partial charge on any atom is 0.256 e. The summed E-state index contributed by atoms with van der Waals surface area (Å²) in [5, 5.41) is 1.04. The molecule has 0 spiro atoms. The first-order valence-electron chi connectivity index (χ1n) is 9.85. The number of nitrogens with zero attached hydrogens (tertiary/aromatic N) is 3. The molecule has 1 fully saturated rings. The number of pyridine rings is 1. The van der Waals surface area contributed by atoms with E-state index >= 15 is 0 Å². The molecule has 0 saturated carbocycles. The molecule has 0 N–H and O–H groups in total. The Morgan fingerprint density at radius 1 is 1.11 bits per heavy atom. The highest BCUT2D eigenvalue weighted by Gasteiger charge is 2.30. The smallest absolute Gasteiger partial charge is 0.256 e. The molecule has 1 unspecified atom stereocenters. The van der Waals surface area contributed by atoms with Gasteiger partial charge < -0.3 is 9.47 Å². The molecular weight excluding hydrogens is 334 g/mol. The lowest BCUT2D eigenvalue weighted by atomic mass is 10.0. The largest absolute Gasteiger partial charge is 0.353 e. The molecule has 3 aromatic rings. The number of likely N-dealkylation sites (tertiary alicyclic amines) is 1.